The second-order valence-electron chi connectivity index (χ2n) is 7.52. The van der Waals surface area contributed by atoms with Gasteiger partial charge in [0.15, 0.2) is 7.28 Å². The van der Waals surface area contributed by atoms with Gasteiger partial charge in [-0.3, -0.25) is 4.79 Å². The van der Waals surface area contributed by atoms with Gasteiger partial charge in [0.1, 0.15) is 0 Å². The van der Waals surface area contributed by atoms with Gasteiger partial charge in [0.05, 0.1) is 13.2 Å². The fourth-order valence-corrected chi connectivity index (χ4v) is 4.26. The van der Waals surface area contributed by atoms with Gasteiger partial charge in [-0.05, 0) is 52.0 Å². The van der Waals surface area contributed by atoms with E-state index in [1.807, 2.05) is 14.0 Å². The third kappa shape index (κ3) is 5.66. The Labute approximate surface area is 153 Å². The average molecular weight is 347 g/mol. The highest BCUT2D eigenvalue weighted by atomic mass is 16.5. The van der Waals surface area contributed by atoms with Crippen LogP contribution in [0.3, 0.4) is 0 Å². The summed E-state index contributed by atoms with van der Waals surface area (Å²) >= 11 is 0. The van der Waals surface area contributed by atoms with E-state index in [0.717, 1.165) is 13.7 Å². The lowest BCUT2D eigenvalue weighted by molar-refractivity contribution is -0.144. The standard InChI is InChI=1S/C19H34BN3O2/c1-5-17(23(4)13-18(24)25-6-2)20-19-16-12-10-8-7-9-11-15(16)14(3)21-22-19/h15-17,20H,5-13H2,1-4H3. The van der Waals surface area contributed by atoms with Crippen LogP contribution in [0.25, 0.3) is 0 Å². The lowest BCUT2D eigenvalue weighted by atomic mass is 9.56. The first kappa shape index (κ1) is 20.2. The number of rotatable bonds is 7. The molecule has 140 valence electrons. The second kappa shape index (κ2) is 10.1. The van der Waals surface area contributed by atoms with E-state index in [1.54, 1.807) is 0 Å². The third-order valence-corrected chi connectivity index (χ3v) is 5.79. The monoisotopic (exact) mass is 347 g/mol. The molecule has 0 aromatic carbocycles. The maximum atomic E-state index is 11.8. The van der Waals surface area contributed by atoms with Crippen LogP contribution in [0.1, 0.15) is 65.7 Å². The molecule has 0 saturated heterocycles. The summed E-state index contributed by atoms with van der Waals surface area (Å²) in [7, 11) is 2.92. The Hall–Kier alpha value is -1.17. The van der Waals surface area contributed by atoms with E-state index in [4.69, 9.17) is 4.74 Å². The Morgan fingerprint density at radius 1 is 1.20 bits per heavy atom. The summed E-state index contributed by atoms with van der Waals surface area (Å²) in [4.78, 5) is 13.9. The molecule has 1 heterocycles. The molecule has 5 nitrogen and oxygen atoms in total. The van der Waals surface area contributed by atoms with Gasteiger partial charge in [-0.15, -0.1) is 0 Å². The van der Waals surface area contributed by atoms with Crippen LogP contribution in [0.2, 0.25) is 0 Å². The summed E-state index contributed by atoms with van der Waals surface area (Å²) in [5.74, 6) is 1.28. The highest BCUT2D eigenvalue weighted by molar-refractivity contribution is 6.77. The second-order valence-corrected chi connectivity index (χ2v) is 7.52. The first-order valence-electron chi connectivity index (χ1n) is 10.0. The van der Waals surface area contributed by atoms with Crippen molar-refractivity contribution >= 4 is 24.6 Å². The first-order valence-corrected chi connectivity index (χ1v) is 10.0. The molecule has 3 atom stereocenters. The van der Waals surface area contributed by atoms with Crippen LogP contribution in [-0.4, -0.2) is 55.6 Å². The maximum Gasteiger partial charge on any atom is 0.320 e. The molecule has 1 aliphatic carbocycles. The van der Waals surface area contributed by atoms with Crippen LogP contribution in [-0.2, 0) is 9.53 Å². The molecule has 6 heteroatoms. The Morgan fingerprint density at radius 3 is 2.52 bits per heavy atom. The zero-order valence-corrected chi connectivity index (χ0v) is 16.5. The molecule has 1 saturated carbocycles. The van der Waals surface area contributed by atoms with Crippen molar-refractivity contribution in [2.45, 2.75) is 71.7 Å². The van der Waals surface area contributed by atoms with Crippen molar-refractivity contribution in [2.75, 3.05) is 20.2 Å². The summed E-state index contributed by atoms with van der Waals surface area (Å²) in [6.45, 7) is 6.95. The van der Waals surface area contributed by atoms with Gasteiger partial charge < -0.3 is 9.64 Å². The highest BCUT2D eigenvalue weighted by Crippen LogP contribution is 2.32. The smallest absolute Gasteiger partial charge is 0.320 e. The van der Waals surface area contributed by atoms with Crippen molar-refractivity contribution in [3.8, 4) is 0 Å². The average Bonchev–Trinajstić information content (AvgIpc) is 2.55. The topological polar surface area (TPSA) is 54.3 Å². The number of esters is 1. The Bertz CT molecular complexity index is 507. The van der Waals surface area contributed by atoms with Gasteiger partial charge in [-0.25, -0.2) is 0 Å². The Balaban J connectivity index is 2.05. The lowest BCUT2D eigenvalue weighted by Gasteiger charge is -2.34. The quantitative estimate of drug-likeness (QED) is 0.525. The molecule has 0 bridgehead atoms. The predicted octanol–water partition coefficient (Wildman–Crippen LogP) is 3.03. The summed E-state index contributed by atoms with van der Waals surface area (Å²) < 4.78 is 5.09. The van der Waals surface area contributed by atoms with Gasteiger partial charge in [-0.2, -0.15) is 10.2 Å². The van der Waals surface area contributed by atoms with Crippen LogP contribution >= 0.6 is 0 Å². The van der Waals surface area contributed by atoms with Gasteiger partial charge in [0.2, 0.25) is 0 Å². The van der Waals surface area contributed by atoms with Crippen LogP contribution in [0.5, 0.6) is 0 Å². The van der Waals surface area contributed by atoms with Gasteiger partial charge in [-0.1, -0.05) is 32.6 Å². The number of fused-ring (bicyclic) bond motifs is 1. The molecule has 0 aromatic heterocycles. The molecular formula is C19H34BN3O2. The zero-order chi connectivity index (χ0) is 18.2. The van der Waals surface area contributed by atoms with Gasteiger partial charge >= 0.3 is 5.97 Å². The molecular weight excluding hydrogens is 313 g/mol. The predicted molar refractivity (Wildman–Crippen MR) is 106 cm³/mol. The molecule has 0 N–H and O–H groups in total. The van der Waals surface area contributed by atoms with Crippen LogP contribution in [0, 0.1) is 11.8 Å². The molecule has 0 aromatic rings. The Morgan fingerprint density at radius 2 is 1.88 bits per heavy atom. The van der Waals surface area contributed by atoms with Crippen LogP contribution in [0.4, 0.5) is 0 Å². The minimum Gasteiger partial charge on any atom is -0.465 e. The summed E-state index contributed by atoms with van der Waals surface area (Å²) in [5.41, 5.74) is 2.46. The van der Waals surface area contributed by atoms with Crippen LogP contribution in [0.15, 0.2) is 10.2 Å². The molecule has 2 aliphatic rings. The number of nitrogens with zero attached hydrogens (tertiary/aromatic N) is 3. The molecule has 0 spiro atoms. The molecule has 1 fully saturated rings. The van der Waals surface area contributed by atoms with E-state index in [0.29, 0.717) is 30.9 Å². The molecule has 25 heavy (non-hydrogen) atoms. The van der Waals surface area contributed by atoms with Crippen molar-refractivity contribution in [1.29, 1.82) is 0 Å². The van der Waals surface area contributed by atoms with E-state index in [9.17, 15) is 4.79 Å². The summed E-state index contributed by atoms with van der Waals surface area (Å²) in [6, 6.07) is 0. The molecule has 2 rings (SSSR count). The summed E-state index contributed by atoms with van der Waals surface area (Å²) in [5, 5.41) is 9.11. The molecule has 3 unspecified atom stereocenters. The largest absolute Gasteiger partial charge is 0.465 e. The summed E-state index contributed by atoms with van der Waals surface area (Å²) in [6.07, 6.45) is 8.76. The van der Waals surface area contributed by atoms with Gasteiger partial charge in [0, 0.05) is 17.2 Å². The van der Waals surface area contributed by atoms with Crippen molar-refractivity contribution in [1.82, 2.24) is 4.90 Å². The fourth-order valence-electron chi connectivity index (χ4n) is 4.26. The first-order chi connectivity index (χ1) is 12.1. The van der Waals surface area contributed by atoms with Crippen molar-refractivity contribution in [2.24, 2.45) is 22.0 Å². The van der Waals surface area contributed by atoms with E-state index in [1.165, 1.54) is 49.8 Å². The van der Waals surface area contributed by atoms with E-state index in [-0.39, 0.29) is 5.97 Å². The van der Waals surface area contributed by atoms with E-state index >= 15 is 0 Å². The van der Waals surface area contributed by atoms with E-state index in [2.05, 4.69) is 29.0 Å². The zero-order valence-electron chi connectivity index (χ0n) is 16.5. The molecule has 0 radical (unpaired) electrons. The van der Waals surface area contributed by atoms with Crippen molar-refractivity contribution in [3.05, 3.63) is 0 Å². The number of carbonyl (C=O) groups excluding carboxylic acids is 1. The molecule has 0 amide bonds. The third-order valence-electron chi connectivity index (χ3n) is 5.79. The van der Waals surface area contributed by atoms with Crippen LogP contribution < -0.4 is 0 Å². The number of hydrogen-bond acceptors (Lipinski definition) is 5. The maximum absolute atomic E-state index is 11.8. The molecule has 1 aliphatic heterocycles. The van der Waals surface area contributed by atoms with Crippen molar-refractivity contribution < 1.29 is 9.53 Å². The van der Waals surface area contributed by atoms with E-state index < -0.39 is 0 Å². The SMILES string of the molecule is CCOC(=O)CN(C)C(BC1=NN=C(C)C2CCCCCCC12)CC. The van der Waals surface area contributed by atoms with Crippen molar-refractivity contribution in [3.63, 3.8) is 0 Å². The number of ether oxygens (including phenoxy) is 1. The normalized spacial score (nSPS) is 25.2. The number of hydrogen-bond donors (Lipinski definition) is 0. The highest BCUT2D eigenvalue weighted by Gasteiger charge is 2.34. The minimum absolute atomic E-state index is 0.147. The minimum atomic E-state index is -0.147. The Kier molecular flexibility index (Phi) is 8.14. The number of carbonyl (C=O) groups is 1. The lowest BCUT2D eigenvalue weighted by Crippen LogP contribution is -2.46. The fraction of sp³-hybridized carbons (Fsp3) is 0.842. The number of likely N-dealkylation sites (N-methyl/N-ethyl adjacent to an activating group) is 1. The van der Waals surface area contributed by atoms with Gasteiger partial charge in [0.25, 0.3) is 0 Å².